The molecule has 2 rings (SSSR count). The molecular weight excluding hydrogens is 373 g/mol. The van der Waals surface area contributed by atoms with Crippen LogP contribution in [0.15, 0.2) is 40.9 Å². The van der Waals surface area contributed by atoms with Crippen LogP contribution in [0.25, 0.3) is 0 Å². The summed E-state index contributed by atoms with van der Waals surface area (Å²) in [4.78, 5) is 0. The first-order chi connectivity index (χ1) is 9.97. The molecule has 0 heterocycles. The molecule has 0 aliphatic carbocycles. The Hall–Kier alpha value is -0.740. The third kappa shape index (κ3) is 4.62. The van der Waals surface area contributed by atoms with Crippen molar-refractivity contribution in [1.82, 2.24) is 5.32 Å². The lowest BCUT2D eigenvalue weighted by Crippen LogP contribution is -2.21. The van der Waals surface area contributed by atoms with Crippen molar-refractivity contribution in [3.8, 4) is 11.5 Å². The van der Waals surface area contributed by atoms with E-state index in [-0.39, 0.29) is 0 Å². The van der Waals surface area contributed by atoms with Gasteiger partial charge in [0, 0.05) is 17.1 Å². The predicted octanol–water partition coefficient (Wildman–Crippen LogP) is 6.05. The van der Waals surface area contributed by atoms with Gasteiger partial charge >= 0.3 is 0 Å². The average Bonchev–Trinajstić information content (AvgIpc) is 2.43. The van der Waals surface area contributed by atoms with E-state index in [1.807, 2.05) is 18.2 Å². The first-order valence-corrected chi connectivity index (χ1v) is 8.16. The van der Waals surface area contributed by atoms with Crippen molar-refractivity contribution in [3.63, 3.8) is 0 Å². The van der Waals surface area contributed by atoms with E-state index in [0.717, 1.165) is 11.0 Å². The van der Waals surface area contributed by atoms with Crippen LogP contribution < -0.4 is 10.1 Å². The van der Waals surface area contributed by atoms with Crippen LogP contribution >= 0.6 is 39.1 Å². The molecule has 0 radical (unpaired) electrons. The molecule has 21 heavy (non-hydrogen) atoms. The van der Waals surface area contributed by atoms with Gasteiger partial charge in [-0.05, 0) is 29.8 Å². The van der Waals surface area contributed by atoms with Gasteiger partial charge in [0.25, 0.3) is 0 Å². The van der Waals surface area contributed by atoms with Gasteiger partial charge in [-0.3, -0.25) is 0 Å². The first-order valence-electron chi connectivity index (χ1n) is 6.61. The molecule has 0 aliphatic rings. The van der Waals surface area contributed by atoms with Gasteiger partial charge < -0.3 is 10.1 Å². The van der Waals surface area contributed by atoms with Crippen molar-refractivity contribution in [2.45, 2.75) is 26.4 Å². The van der Waals surface area contributed by atoms with Crippen molar-refractivity contribution in [3.05, 3.63) is 56.5 Å². The fraction of sp³-hybridized carbons (Fsp3) is 0.250. The van der Waals surface area contributed by atoms with Gasteiger partial charge in [0.2, 0.25) is 0 Å². The monoisotopic (exact) mass is 387 g/mol. The van der Waals surface area contributed by atoms with E-state index in [2.05, 4.69) is 35.1 Å². The summed E-state index contributed by atoms with van der Waals surface area (Å²) in [6.45, 7) is 5.04. The number of ether oxygens (including phenoxy) is 1. The van der Waals surface area contributed by atoms with Gasteiger partial charge in [0.05, 0.1) is 5.02 Å². The fourth-order valence-electron chi connectivity index (χ4n) is 1.74. The van der Waals surface area contributed by atoms with Crippen LogP contribution in [0.4, 0.5) is 0 Å². The number of halogens is 3. The Morgan fingerprint density at radius 3 is 2.62 bits per heavy atom. The zero-order valence-corrected chi connectivity index (χ0v) is 14.9. The number of hydrogen-bond donors (Lipinski definition) is 1. The Labute approximate surface area is 143 Å². The van der Waals surface area contributed by atoms with E-state index in [0.29, 0.717) is 27.6 Å². The largest absolute Gasteiger partial charge is 0.456 e. The van der Waals surface area contributed by atoms with Crippen LogP contribution in [-0.4, -0.2) is 6.04 Å². The summed E-state index contributed by atoms with van der Waals surface area (Å²) in [5.41, 5.74) is 1.17. The molecule has 2 nitrogen and oxygen atoms in total. The molecular formula is C16H16BrCl2NO. The van der Waals surface area contributed by atoms with Crippen LogP contribution in [0.5, 0.6) is 11.5 Å². The molecule has 0 fully saturated rings. The molecule has 0 saturated carbocycles. The highest BCUT2D eigenvalue weighted by atomic mass is 79.9. The van der Waals surface area contributed by atoms with Crippen molar-refractivity contribution in [2.24, 2.45) is 0 Å². The minimum Gasteiger partial charge on any atom is -0.456 e. The maximum Gasteiger partial charge on any atom is 0.147 e. The third-order valence-electron chi connectivity index (χ3n) is 2.87. The van der Waals surface area contributed by atoms with E-state index in [4.69, 9.17) is 27.9 Å². The summed E-state index contributed by atoms with van der Waals surface area (Å²) in [5.74, 6) is 1.25. The first kappa shape index (κ1) is 16.6. The molecule has 0 saturated heterocycles. The van der Waals surface area contributed by atoms with E-state index in [1.54, 1.807) is 18.2 Å². The highest BCUT2D eigenvalue weighted by Crippen LogP contribution is 2.35. The van der Waals surface area contributed by atoms with Crippen molar-refractivity contribution in [2.75, 3.05) is 0 Å². The SMILES string of the molecule is CC(C)NCc1ccc(Oc2cccc(Cl)c2Cl)cc1Br. The quantitative estimate of drug-likeness (QED) is 0.673. The van der Waals surface area contributed by atoms with Gasteiger partial charge in [0.1, 0.15) is 16.5 Å². The normalized spacial score (nSPS) is 11.0. The lowest BCUT2D eigenvalue weighted by atomic mass is 10.2. The van der Waals surface area contributed by atoms with Crippen molar-refractivity contribution >= 4 is 39.1 Å². The molecule has 2 aromatic rings. The average molecular weight is 389 g/mol. The molecule has 112 valence electrons. The molecule has 0 aliphatic heterocycles. The zero-order chi connectivity index (χ0) is 15.4. The minimum absolute atomic E-state index is 0.417. The second-order valence-electron chi connectivity index (χ2n) is 4.94. The molecule has 0 amide bonds. The summed E-state index contributed by atoms with van der Waals surface area (Å²) in [6, 6.07) is 11.6. The van der Waals surface area contributed by atoms with E-state index in [1.165, 1.54) is 5.56 Å². The molecule has 0 bridgehead atoms. The van der Waals surface area contributed by atoms with E-state index >= 15 is 0 Å². The lowest BCUT2D eigenvalue weighted by Gasteiger charge is -2.12. The molecule has 0 atom stereocenters. The summed E-state index contributed by atoms with van der Waals surface area (Å²) in [5, 5.41) is 4.27. The Bertz CT molecular complexity index is 632. The molecule has 2 aromatic carbocycles. The minimum atomic E-state index is 0.417. The highest BCUT2D eigenvalue weighted by Gasteiger charge is 2.08. The maximum absolute atomic E-state index is 6.12. The van der Waals surface area contributed by atoms with Crippen molar-refractivity contribution in [1.29, 1.82) is 0 Å². The lowest BCUT2D eigenvalue weighted by molar-refractivity contribution is 0.482. The van der Waals surface area contributed by atoms with Crippen LogP contribution in [-0.2, 0) is 6.54 Å². The van der Waals surface area contributed by atoms with Crippen molar-refractivity contribution < 1.29 is 4.74 Å². The molecule has 1 N–H and O–H groups in total. The molecule has 0 aromatic heterocycles. The standard InChI is InChI=1S/C16H16BrCl2NO/c1-10(2)20-9-11-6-7-12(8-13(11)17)21-15-5-3-4-14(18)16(15)19/h3-8,10,20H,9H2,1-2H3. The van der Waals surface area contributed by atoms with Gasteiger partial charge in [-0.15, -0.1) is 0 Å². The molecule has 0 spiro atoms. The molecule has 5 heteroatoms. The Morgan fingerprint density at radius 2 is 1.95 bits per heavy atom. The van der Waals surface area contributed by atoms with Crippen LogP contribution in [0.3, 0.4) is 0 Å². The Kier molecular flexibility index (Phi) is 5.94. The smallest absolute Gasteiger partial charge is 0.147 e. The second kappa shape index (κ2) is 7.50. The van der Waals surface area contributed by atoms with Crippen LogP contribution in [0, 0.1) is 0 Å². The van der Waals surface area contributed by atoms with Crippen LogP contribution in [0.2, 0.25) is 10.0 Å². The molecule has 0 unspecified atom stereocenters. The topological polar surface area (TPSA) is 21.3 Å². The number of nitrogens with one attached hydrogen (secondary N) is 1. The van der Waals surface area contributed by atoms with Gasteiger partial charge in [0.15, 0.2) is 0 Å². The van der Waals surface area contributed by atoms with E-state index < -0.39 is 0 Å². The number of benzene rings is 2. The maximum atomic E-state index is 6.12. The van der Waals surface area contributed by atoms with Gasteiger partial charge in [-0.2, -0.15) is 0 Å². The van der Waals surface area contributed by atoms with Gasteiger partial charge in [-0.25, -0.2) is 0 Å². The zero-order valence-electron chi connectivity index (χ0n) is 11.8. The third-order valence-corrected chi connectivity index (χ3v) is 4.41. The number of hydrogen-bond acceptors (Lipinski definition) is 2. The highest BCUT2D eigenvalue weighted by molar-refractivity contribution is 9.10. The predicted molar refractivity (Wildman–Crippen MR) is 92.7 cm³/mol. The summed E-state index contributed by atoms with van der Waals surface area (Å²) < 4.78 is 6.78. The second-order valence-corrected chi connectivity index (χ2v) is 6.58. The Morgan fingerprint density at radius 1 is 1.19 bits per heavy atom. The number of rotatable bonds is 5. The fourth-order valence-corrected chi connectivity index (χ4v) is 2.57. The summed E-state index contributed by atoms with van der Waals surface area (Å²) >= 11 is 15.7. The van der Waals surface area contributed by atoms with Gasteiger partial charge in [-0.1, -0.05) is 65.1 Å². The summed E-state index contributed by atoms with van der Waals surface area (Å²) in [7, 11) is 0. The van der Waals surface area contributed by atoms with Crippen LogP contribution in [0.1, 0.15) is 19.4 Å². The Balaban J connectivity index is 2.15. The van der Waals surface area contributed by atoms with E-state index in [9.17, 15) is 0 Å². The summed E-state index contributed by atoms with van der Waals surface area (Å²) in [6.07, 6.45) is 0.